The van der Waals surface area contributed by atoms with E-state index >= 15 is 0 Å². The van der Waals surface area contributed by atoms with Crippen molar-refractivity contribution >= 4 is 38.4 Å². The first kappa shape index (κ1) is 20.1. The Bertz CT molecular complexity index is 1210. The van der Waals surface area contributed by atoms with Crippen molar-refractivity contribution in [1.29, 1.82) is 0 Å². The lowest BCUT2D eigenvalue weighted by Crippen LogP contribution is -2.38. The van der Waals surface area contributed by atoms with Crippen molar-refractivity contribution in [3.63, 3.8) is 0 Å². The molecule has 4 heterocycles. The maximum Gasteiger partial charge on any atom is 0.261 e. The van der Waals surface area contributed by atoms with Gasteiger partial charge in [-0.3, -0.25) is 14.7 Å². The van der Waals surface area contributed by atoms with Gasteiger partial charge in [0.2, 0.25) is 0 Å². The first-order valence-electron chi connectivity index (χ1n) is 10.9. The number of likely N-dealkylation sites (tertiary alicyclic amines) is 1. The molecule has 5 nitrogen and oxygen atoms in total. The van der Waals surface area contributed by atoms with Gasteiger partial charge in [-0.15, -0.1) is 11.3 Å². The summed E-state index contributed by atoms with van der Waals surface area (Å²) in [6.07, 6.45) is 4.06. The lowest BCUT2D eigenvalue weighted by atomic mass is 9.96. The van der Waals surface area contributed by atoms with E-state index in [1.807, 2.05) is 30.5 Å². The minimum absolute atomic E-state index is 0.0131. The monoisotopic (exact) mass is 430 g/mol. The second kappa shape index (κ2) is 8.73. The molecule has 0 atom stereocenters. The number of aryl methyl sites for hydroxylation is 1. The summed E-state index contributed by atoms with van der Waals surface area (Å²) < 4.78 is 0. The summed E-state index contributed by atoms with van der Waals surface area (Å²) in [5, 5.41) is 5.32. The molecule has 5 rings (SSSR count). The molecular weight excluding hydrogens is 404 g/mol. The SMILES string of the molecule is Cc1ccc2nc3sc(C(=O)NCC4CCN(Cc5ccccn5)CC4)cc3cc2c1. The van der Waals surface area contributed by atoms with E-state index in [4.69, 9.17) is 4.98 Å². The Balaban J connectivity index is 1.17. The van der Waals surface area contributed by atoms with Crippen molar-refractivity contribution in [2.75, 3.05) is 19.6 Å². The van der Waals surface area contributed by atoms with Gasteiger partial charge in [0.15, 0.2) is 0 Å². The number of nitrogens with zero attached hydrogens (tertiary/aromatic N) is 3. The number of nitrogens with one attached hydrogen (secondary N) is 1. The van der Waals surface area contributed by atoms with Crippen molar-refractivity contribution in [2.45, 2.75) is 26.3 Å². The number of fused-ring (bicyclic) bond motifs is 2. The highest BCUT2D eigenvalue weighted by Gasteiger charge is 2.21. The summed E-state index contributed by atoms with van der Waals surface area (Å²) in [6, 6.07) is 16.4. The van der Waals surface area contributed by atoms with Gasteiger partial charge in [-0.25, -0.2) is 4.98 Å². The Morgan fingerprint density at radius 1 is 1.13 bits per heavy atom. The van der Waals surface area contributed by atoms with Gasteiger partial charge >= 0.3 is 0 Å². The van der Waals surface area contributed by atoms with Crippen LogP contribution in [0.3, 0.4) is 0 Å². The lowest BCUT2D eigenvalue weighted by molar-refractivity contribution is 0.0939. The molecule has 0 aliphatic carbocycles. The number of thiophene rings is 1. The maximum atomic E-state index is 12.8. The quantitative estimate of drug-likeness (QED) is 0.494. The largest absolute Gasteiger partial charge is 0.351 e. The van der Waals surface area contributed by atoms with Crippen LogP contribution in [0.25, 0.3) is 21.1 Å². The molecule has 1 fully saturated rings. The molecule has 1 N–H and O–H groups in total. The third kappa shape index (κ3) is 4.60. The van der Waals surface area contributed by atoms with E-state index in [0.717, 1.165) is 70.7 Å². The number of carbonyl (C=O) groups excluding carboxylic acids is 1. The molecule has 1 aliphatic heterocycles. The molecule has 0 saturated carbocycles. The number of rotatable bonds is 5. The van der Waals surface area contributed by atoms with E-state index in [9.17, 15) is 4.79 Å². The molecule has 1 saturated heterocycles. The highest BCUT2D eigenvalue weighted by molar-refractivity contribution is 7.20. The Kier molecular flexibility index (Phi) is 5.66. The van der Waals surface area contributed by atoms with Gasteiger partial charge < -0.3 is 5.32 Å². The molecule has 0 spiro atoms. The summed E-state index contributed by atoms with van der Waals surface area (Å²) in [5.74, 6) is 0.543. The fourth-order valence-electron chi connectivity index (χ4n) is 4.26. The van der Waals surface area contributed by atoms with Gasteiger partial charge in [0, 0.05) is 30.1 Å². The topological polar surface area (TPSA) is 58.1 Å². The average molecular weight is 431 g/mol. The number of benzene rings is 1. The zero-order valence-electron chi connectivity index (χ0n) is 17.7. The van der Waals surface area contributed by atoms with Crippen molar-refractivity contribution in [2.24, 2.45) is 5.92 Å². The van der Waals surface area contributed by atoms with Crippen LogP contribution in [0.2, 0.25) is 0 Å². The highest BCUT2D eigenvalue weighted by Crippen LogP contribution is 2.28. The maximum absolute atomic E-state index is 12.8. The summed E-state index contributed by atoms with van der Waals surface area (Å²) >= 11 is 1.47. The third-order valence-electron chi connectivity index (χ3n) is 6.05. The second-order valence-electron chi connectivity index (χ2n) is 8.44. The molecule has 3 aromatic heterocycles. The standard InChI is InChI=1S/C25H26N4OS/c1-17-5-6-22-19(12-17)13-20-14-23(31-25(20)28-22)24(30)27-15-18-7-10-29(11-8-18)16-21-4-2-3-9-26-21/h2-6,9,12-14,18H,7-8,10-11,15-16H2,1H3,(H,27,30). The smallest absolute Gasteiger partial charge is 0.261 e. The van der Waals surface area contributed by atoms with Crippen molar-refractivity contribution < 1.29 is 4.79 Å². The van der Waals surface area contributed by atoms with Gasteiger partial charge in [-0.05, 0) is 75.2 Å². The number of piperidine rings is 1. The van der Waals surface area contributed by atoms with Crippen LogP contribution in [0.1, 0.15) is 33.8 Å². The van der Waals surface area contributed by atoms with Crippen LogP contribution in [-0.2, 0) is 6.54 Å². The van der Waals surface area contributed by atoms with E-state index in [1.54, 1.807) is 0 Å². The molecule has 6 heteroatoms. The minimum Gasteiger partial charge on any atom is -0.351 e. The summed E-state index contributed by atoms with van der Waals surface area (Å²) in [6.45, 7) is 5.83. The number of hydrogen-bond acceptors (Lipinski definition) is 5. The molecule has 1 aliphatic rings. The van der Waals surface area contributed by atoms with Gasteiger partial charge in [0.05, 0.1) is 16.1 Å². The summed E-state index contributed by atoms with van der Waals surface area (Å²) in [4.78, 5) is 26.0. The van der Waals surface area contributed by atoms with Crippen LogP contribution >= 0.6 is 11.3 Å². The second-order valence-corrected chi connectivity index (χ2v) is 9.47. The van der Waals surface area contributed by atoms with Crippen LogP contribution in [0, 0.1) is 12.8 Å². The van der Waals surface area contributed by atoms with Crippen molar-refractivity contribution in [3.05, 3.63) is 70.9 Å². The fraction of sp³-hybridized carbons (Fsp3) is 0.320. The first-order chi connectivity index (χ1) is 15.1. The number of carbonyl (C=O) groups is 1. The molecule has 0 bridgehead atoms. The highest BCUT2D eigenvalue weighted by atomic mass is 32.1. The molecule has 0 radical (unpaired) electrons. The van der Waals surface area contributed by atoms with Gasteiger partial charge in [-0.1, -0.05) is 17.7 Å². The average Bonchev–Trinajstić information content (AvgIpc) is 3.20. The molecular formula is C25H26N4OS. The lowest BCUT2D eigenvalue weighted by Gasteiger charge is -2.31. The Hall–Kier alpha value is -2.83. The van der Waals surface area contributed by atoms with Gasteiger partial charge in [0.1, 0.15) is 4.83 Å². The molecule has 0 unspecified atom stereocenters. The Labute approximate surface area is 186 Å². The zero-order valence-corrected chi connectivity index (χ0v) is 18.5. The predicted molar refractivity (Wildman–Crippen MR) is 126 cm³/mol. The van der Waals surface area contributed by atoms with Crippen LogP contribution in [0.4, 0.5) is 0 Å². The Morgan fingerprint density at radius 2 is 2.00 bits per heavy atom. The summed E-state index contributed by atoms with van der Waals surface area (Å²) in [7, 11) is 0. The number of pyridine rings is 2. The number of hydrogen-bond donors (Lipinski definition) is 1. The van der Waals surface area contributed by atoms with E-state index < -0.39 is 0 Å². The van der Waals surface area contributed by atoms with E-state index in [2.05, 4.69) is 46.4 Å². The van der Waals surface area contributed by atoms with Crippen molar-refractivity contribution in [3.8, 4) is 0 Å². The van der Waals surface area contributed by atoms with Crippen LogP contribution in [0.15, 0.2) is 54.7 Å². The van der Waals surface area contributed by atoms with Crippen LogP contribution < -0.4 is 5.32 Å². The van der Waals surface area contributed by atoms with Gasteiger partial charge in [-0.2, -0.15) is 0 Å². The van der Waals surface area contributed by atoms with E-state index in [0.29, 0.717) is 5.92 Å². The molecule has 1 amide bonds. The Morgan fingerprint density at radius 3 is 2.81 bits per heavy atom. The molecule has 1 aromatic carbocycles. The predicted octanol–water partition coefficient (Wildman–Crippen LogP) is 4.79. The van der Waals surface area contributed by atoms with Gasteiger partial charge in [0.25, 0.3) is 5.91 Å². The number of aromatic nitrogens is 2. The van der Waals surface area contributed by atoms with E-state index in [-0.39, 0.29) is 5.91 Å². The number of amides is 1. The normalized spacial score (nSPS) is 15.5. The minimum atomic E-state index is 0.0131. The van der Waals surface area contributed by atoms with Crippen LogP contribution in [0.5, 0.6) is 0 Å². The van der Waals surface area contributed by atoms with E-state index in [1.165, 1.54) is 16.9 Å². The van der Waals surface area contributed by atoms with Crippen LogP contribution in [-0.4, -0.2) is 40.4 Å². The van der Waals surface area contributed by atoms with Crippen molar-refractivity contribution in [1.82, 2.24) is 20.2 Å². The fourth-order valence-corrected chi connectivity index (χ4v) is 5.20. The third-order valence-corrected chi connectivity index (χ3v) is 7.09. The molecule has 158 valence electrons. The molecule has 4 aromatic rings. The first-order valence-corrected chi connectivity index (χ1v) is 11.7. The summed E-state index contributed by atoms with van der Waals surface area (Å²) in [5.41, 5.74) is 3.31. The molecule has 31 heavy (non-hydrogen) atoms. The zero-order chi connectivity index (χ0) is 21.2.